The monoisotopic (exact) mass is 280 g/mol. The predicted octanol–water partition coefficient (Wildman–Crippen LogP) is 3.75. The fraction of sp³-hybridized carbons (Fsp3) is 0.286. The molecule has 0 aliphatic heterocycles. The number of thiophene rings is 1. The fourth-order valence-corrected chi connectivity index (χ4v) is 3.07. The van der Waals surface area contributed by atoms with Crippen LogP contribution in [0.3, 0.4) is 0 Å². The Hall–Kier alpha value is -0.870. The minimum Gasteiger partial charge on any atom is -0.329 e. The molecule has 2 aromatic rings. The van der Waals surface area contributed by atoms with Crippen molar-refractivity contribution in [2.45, 2.75) is 19.0 Å². The summed E-state index contributed by atoms with van der Waals surface area (Å²) in [6.07, 6.45) is 0. The highest BCUT2D eigenvalue weighted by molar-refractivity contribution is 7.10. The first-order valence-electron chi connectivity index (χ1n) is 5.95. The lowest BCUT2D eigenvalue weighted by Crippen LogP contribution is -2.29. The molecule has 1 heterocycles. The molecule has 2 unspecified atom stereocenters. The highest BCUT2D eigenvalue weighted by Gasteiger charge is 2.15. The number of hydrogen-bond donors (Lipinski definition) is 2. The molecule has 0 spiro atoms. The summed E-state index contributed by atoms with van der Waals surface area (Å²) in [5, 5.41) is 6.26. The smallest absolute Gasteiger partial charge is 0.0544 e. The number of nitrogens with two attached hydrogens (primary N) is 1. The van der Waals surface area contributed by atoms with Gasteiger partial charge in [-0.05, 0) is 18.6 Å². The Balaban J connectivity index is 2.07. The zero-order chi connectivity index (χ0) is 13.0. The van der Waals surface area contributed by atoms with Crippen LogP contribution in [0.25, 0.3) is 0 Å². The van der Waals surface area contributed by atoms with Crippen LogP contribution < -0.4 is 11.1 Å². The first-order valence-corrected chi connectivity index (χ1v) is 7.21. The summed E-state index contributed by atoms with van der Waals surface area (Å²) in [6.45, 7) is 2.71. The van der Waals surface area contributed by atoms with Crippen LogP contribution in [0.15, 0.2) is 41.8 Å². The van der Waals surface area contributed by atoms with Gasteiger partial charge in [-0.15, -0.1) is 11.3 Å². The van der Waals surface area contributed by atoms with E-state index in [4.69, 9.17) is 17.3 Å². The van der Waals surface area contributed by atoms with Crippen molar-refractivity contribution in [3.63, 3.8) is 0 Å². The molecule has 1 aromatic heterocycles. The minimum atomic E-state index is 0.151. The molecule has 0 bridgehead atoms. The Morgan fingerprint density at radius 2 is 2.06 bits per heavy atom. The van der Waals surface area contributed by atoms with Crippen molar-refractivity contribution in [2.75, 3.05) is 6.54 Å². The molecule has 3 N–H and O–H groups in total. The molecule has 0 radical (unpaired) electrons. The van der Waals surface area contributed by atoms with Crippen LogP contribution >= 0.6 is 22.9 Å². The lowest BCUT2D eigenvalue weighted by molar-refractivity contribution is 0.479. The lowest BCUT2D eigenvalue weighted by Gasteiger charge is -2.21. The molecule has 4 heteroatoms. The molecule has 1 aromatic carbocycles. The summed E-state index contributed by atoms with van der Waals surface area (Å²) < 4.78 is 0. The van der Waals surface area contributed by atoms with Gasteiger partial charge in [0.1, 0.15) is 0 Å². The quantitative estimate of drug-likeness (QED) is 0.875. The Morgan fingerprint density at radius 3 is 2.61 bits per heavy atom. The third-order valence-electron chi connectivity index (χ3n) is 2.92. The average molecular weight is 281 g/mol. The van der Waals surface area contributed by atoms with Crippen LogP contribution in [-0.4, -0.2) is 6.54 Å². The second-order valence-electron chi connectivity index (χ2n) is 4.25. The molecule has 2 rings (SSSR count). The molecule has 2 nitrogen and oxygen atoms in total. The van der Waals surface area contributed by atoms with Gasteiger partial charge < -0.3 is 11.1 Å². The molecule has 0 aliphatic rings. The average Bonchev–Trinajstić information content (AvgIpc) is 2.83. The van der Waals surface area contributed by atoms with Crippen LogP contribution in [0, 0.1) is 0 Å². The third-order valence-corrected chi connectivity index (χ3v) is 4.31. The normalized spacial score (nSPS) is 14.4. The van der Waals surface area contributed by atoms with Crippen molar-refractivity contribution < 1.29 is 0 Å². The Kier molecular flexibility index (Phi) is 4.78. The summed E-state index contributed by atoms with van der Waals surface area (Å²) in [4.78, 5) is 1.19. The SMILES string of the molecule is CC(NC(CN)c1cc(Cl)cs1)c1ccccc1. The van der Waals surface area contributed by atoms with Gasteiger partial charge in [0.05, 0.1) is 11.1 Å². The zero-order valence-corrected chi connectivity index (χ0v) is 11.8. The molecule has 0 fully saturated rings. The second-order valence-corrected chi connectivity index (χ2v) is 5.63. The molecule has 0 aliphatic carbocycles. The van der Waals surface area contributed by atoms with E-state index >= 15 is 0 Å². The maximum Gasteiger partial charge on any atom is 0.0544 e. The van der Waals surface area contributed by atoms with E-state index in [9.17, 15) is 0 Å². The van der Waals surface area contributed by atoms with Crippen molar-refractivity contribution in [1.82, 2.24) is 5.32 Å². The number of benzene rings is 1. The van der Waals surface area contributed by atoms with Crippen LogP contribution in [0.1, 0.15) is 29.4 Å². The molecule has 96 valence electrons. The molecular formula is C14H17ClN2S. The van der Waals surface area contributed by atoms with Crippen molar-refractivity contribution in [2.24, 2.45) is 5.73 Å². The molecule has 0 amide bonds. The standard InChI is InChI=1S/C14H17ClN2S/c1-10(11-5-3-2-4-6-11)17-13(8-16)14-7-12(15)9-18-14/h2-7,9-10,13,17H,8,16H2,1H3. The van der Waals surface area contributed by atoms with Gasteiger partial charge in [0.2, 0.25) is 0 Å². The molecule has 2 atom stereocenters. The van der Waals surface area contributed by atoms with Crippen LogP contribution in [-0.2, 0) is 0 Å². The molecule has 0 saturated heterocycles. The summed E-state index contributed by atoms with van der Waals surface area (Å²) in [6, 6.07) is 12.8. The Morgan fingerprint density at radius 1 is 1.33 bits per heavy atom. The van der Waals surface area contributed by atoms with Gasteiger partial charge in [0.25, 0.3) is 0 Å². The van der Waals surface area contributed by atoms with Crippen molar-refractivity contribution >= 4 is 22.9 Å². The maximum absolute atomic E-state index is 5.96. The third kappa shape index (κ3) is 3.33. The first-order chi connectivity index (χ1) is 8.70. The van der Waals surface area contributed by atoms with Crippen molar-refractivity contribution in [3.8, 4) is 0 Å². The molecule has 0 saturated carbocycles. The summed E-state index contributed by atoms with van der Waals surface area (Å²) in [5.41, 5.74) is 7.10. The number of rotatable bonds is 5. The largest absolute Gasteiger partial charge is 0.329 e. The van der Waals surface area contributed by atoms with E-state index in [0.29, 0.717) is 6.54 Å². The fourth-order valence-electron chi connectivity index (χ4n) is 1.92. The van der Waals surface area contributed by atoms with Crippen molar-refractivity contribution in [1.29, 1.82) is 0 Å². The first kappa shape index (κ1) is 13.6. The summed E-state index contributed by atoms with van der Waals surface area (Å²) >= 11 is 7.60. The summed E-state index contributed by atoms with van der Waals surface area (Å²) in [7, 11) is 0. The van der Waals surface area contributed by atoms with E-state index < -0.39 is 0 Å². The van der Waals surface area contributed by atoms with Gasteiger partial charge >= 0.3 is 0 Å². The second kappa shape index (κ2) is 6.34. The van der Waals surface area contributed by atoms with Gasteiger partial charge in [-0.25, -0.2) is 0 Å². The summed E-state index contributed by atoms with van der Waals surface area (Å²) in [5.74, 6) is 0. The van der Waals surface area contributed by atoms with Gasteiger partial charge in [-0.2, -0.15) is 0 Å². The highest BCUT2D eigenvalue weighted by Crippen LogP contribution is 2.26. The number of nitrogens with one attached hydrogen (secondary N) is 1. The Bertz CT molecular complexity index is 484. The maximum atomic E-state index is 5.96. The van der Waals surface area contributed by atoms with Gasteiger partial charge in [-0.3, -0.25) is 0 Å². The van der Waals surface area contributed by atoms with Crippen LogP contribution in [0.4, 0.5) is 0 Å². The van der Waals surface area contributed by atoms with Gasteiger partial charge in [0.15, 0.2) is 0 Å². The van der Waals surface area contributed by atoms with Gasteiger partial charge in [-0.1, -0.05) is 41.9 Å². The van der Waals surface area contributed by atoms with E-state index in [2.05, 4.69) is 24.4 Å². The molecule has 18 heavy (non-hydrogen) atoms. The number of halogens is 1. The van der Waals surface area contributed by atoms with Crippen LogP contribution in [0.5, 0.6) is 0 Å². The highest BCUT2D eigenvalue weighted by atomic mass is 35.5. The van der Waals surface area contributed by atoms with Crippen molar-refractivity contribution in [3.05, 3.63) is 57.2 Å². The predicted molar refractivity (Wildman–Crippen MR) is 79.1 cm³/mol. The Labute approximate surface area is 117 Å². The zero-order valence-electron chi connectivity index (χ0n) is 10.3. The van der Waals surface area contributed by atoms with E-state index in [0.717, 1.165) is 5.02 Å². The van der Waals surface area contributed by atoms with Gasteiger partial charge in [0, 0.05) is 22.8 Å². The number of hydrogen-bond acceptors (Lipinski definition) is 3. The van der Waals surface area contributed by atoms with E-state index in [-0.39, 0.29) is 12.1 Å². The van der Waals surface area contributed by atoms with E-state index in [1.54, 1.807) is 11.3 Å². The topological polar surface area (TPSA) is 38.0 Å². The molecular weight excluding hydrogens is 264 g/mol. The van der Waals surface area contributed by atoms with Crippen LogP contribution in [0.2, 0.25) is 5.02 Å². The van der Waals surface area contributed by atoms with E-state index in [1.165, 1.54) is 10.4 Å². The van der Waals surface area contributed by atoms with E-state index in [1.807, 2.05) is 29.6 Å². The minimum absolute atomic E-state index is 0.151. The lowest BCUT2D eigenvalue weighted by atomic mass is 10.1.